The van der Waals surface area contributed by atoms with Crippen LogP contribution in [0.1, 0.15) is 12.5 Å². The zero-order valence-electron chi connectivity index (χ0n) is 10.2. The first kappa shape index (κ1) is 12.1. The summed E-state index contributed by atoms with van der Waals surface area (Å²) in [6.45, 7) is 1.56. The third-order valence-corrected chi connectivity index (χ3v) is 3.63. The van der Waals surface area contributed by atoms with E-state index in [2.05, 4.69) is 0 Å². The molecule has 1 atom stereocenters. The van der Waals surface area contributed by atoms with E-state index in [4.69, 9.17) is 16.3 Å². The van der Waals surface area contributed by atoms with E-state index in [1.165, 1.54) is 0 Å². The highest BCUT2D eigenvalue weighted by Gasteiger charge is 2.43. The van der Waals surface area contributed by atoms with Crippen molar-refractivity contribution in [2.24, 2.45) is 0 Å². The average Bonchev–Trinajstić information content (AvgIpc) is 2.40. The Labute approximate surface area is 115 Å². The van der Waals surface area contributed by atoms with E-state index < -0.39 is 11.6 Å². The third-order valence-electron chi connectivity index (χ3n) is 3.39. The lowest BCUT2D eigenvalue weighted by Gasteiger charge is -2.34. The Balaban J connectivity index is 2.33. The predicted molar refractivity (Wildman–Crippen MR) is 72.5 cm³/mol. The molecule has 0 aliphatic carbocycles. The van der Waals surface area contributed by atoms with Crippen LogP contribution in [0.3, 0.4) is 0 Å². The standard InChI is InChI=1S/C15H11ClO3/c1-15(14(17)18)12-5-3-2-4-10(12)11-8-9(16)6-7-13(11)19-15/h2-8H,1H3,(H,17,18). The highest BCUT2D eigenvalue weighted by atomic mass is 35.5. The number of carboxylic acids is 1. The van der Waals surface area contributed by atoms with Crippen molar-refractivity contribution in [2.45, 2.75) is 12.5 Å². The summed E-state index contributed by atoms with van der Waals surface area (Å²) in [5, 5.41) is 10.1. The maximum atomic E-state index is 11.6. The van der Waals surface area contributed by atoms with Crippen LogP contribution in [-0.2, 0) is 10.4 Å². The maximum Gasteiger partial charge on any atom is 0.352 e. The number of carboxylic acid groups (broad SMARTS) is 1. The molecule has 19 heavy (non-hydrogen) atoms. The highest BCUT2D eigenvalue weighted by molar-refractivity contribution is 6.31. The summed E-state index contributed by atoms with van der Waals surface area (Å²) >= 11 is 6.00. The van der Waals surface area contributed by atoms with Crippen molar-refractivity contribution in [3.63, 3.8) is 0 Å². The van der Waals surface area contributed by atoms with Crippen molar-refractivity contribution in [2.75, 3.05) is 0 Å². The first-order chi connectivity index (χ1) is 9.02. The van der Waals surface area contributed by atoms with Crippen molar-refractivity contribution in [1.29, 1.82) is 0 Å². The van der Waals surface area contributed by atoms with E-state index in [0.29, 0.717) is 16.3 Å². The molecule has 3 rings (SSSR count). The van der Waals surface area contributed by atoms with E-state index in [1.807, 2.05) is 12.1 Å². The maximum absolute atomic E-state index is 11.6. The van der Waals surface area contributed by atoms with Crippen molar-refractivity contribution in [1.82, 2.24) is 0 Å². The predicted octanol–water partition coefficient (Wildman–Crippen LogP) is 3.70. The first-order valence-corrected chi connectivity index (χ1v) is 6.22. The zero-order chi connectivity index (χ0) is 13.6. The average molecular weight is 275 g/mol. The summed E-state index contributed by atoms with van der Waals surface area (Å²) < 4.78 is 5.70. The second-order valence-electron chi connectivity index (χ2n) is 4.63. The van der Waals surface area contributed by atoms with Gasteiger partial charge in [0.15, 0.2) is 0 Å². The fourth-order valence-electron chi connectivity index (χ4n) is 2.37. The number of benzene rings is 2. The van der Waals surface area contributed by atoms with Crippen LogP contribution in [-0.4, -0.2) is 11.1 Å². The van der Waals surface area contributed by atoms with Gasteiger partial charge in [-0.15, -0.1) is 0 Å². The van der Waals surface area contributed by atoms with Gasteiger partial charge < -0.3 is 9.84 Å². The molecular weight excluding hydrogens is 264 g/mol. The van der Waals surface area contributed by atoms with Gasteiger partial charge in [-0.1, -0.05) is 35.9 Å². The van der Waals surface area contributed by atoms with Gasteiger partial charge in [-0.2, -0.15) is 0 Å². The molecule has 0 saturated carbocycles. The number of fused-ring (bicyclic) bond motifs is 3. The van der Waals surface area contributed by atoms with Gasteiger partial charge in [0.1, 0.15) is 5.75 Å². The Kier molecular flexibility index (Phi) is 2.54. The van der Waals surface area contributed by atoms with E-state index in [9.17, 15) is 9.90 Å². The minimum atomic E-state index is -1.38. The van der Waals surface area contributed by atoms with Crippen LogP contribution < -0.4 is 4.74 Å². The lowest BCUT2D eigenvalue weighted by atomic mass is 9.85. The van der Waals surface area contributed by atoms with Crippen LogP contribution in [0.15, 0.2) is 42.5 Å². The fraction of sp³-hybridized carbons (Fsp3) is 0.133. The SMILES string of the molecule is CC1(C(=O)O)Oc2ccc(Cl)cc2-c2ccccc21. The topological polar surface area (TPSA) is 46.5 Å². The Morgan fingerprint density at radius 3 is 2.68 bits per heavy atom. The van der Waals surface area contributed by atoms with Gasteiger partial charge in [-0.25, -0.2) is 4.79 Å². The molecule has 3 nitrogen and oxygen atoms in total. The van der Waals surface area contributed by atoms with Crippen LogP contribution in [0, 0.1) is 0 Å². The largest absolute Gasteiger partial charge is 0.478 e. The minimum absolute atomic E-state index is 0.535. The summed E-state index contributed by atoms with van der Waals surface area (Å²) in [7, 11) is 0. The number of rotatable bonds is 1. The first-order valence-electron chi connectivity index (χ1n) is 5.84. The van der Waals surface area contributed by atoms with Crippen molar-refractivity contribution < 1.29 is 14.6 Å². The third kappa shape index (κ3) is 1.70. The van der Waals surface area contributed by atoms with E-state index >= 15 is 0 Å². The Hall–Kier alpha value is -2.00. The van der Waals surface area contributed by atoms with Crippen molar-refractivity contribution in [3.05, 3.63) is 53.1 Å². The smallest absolute Gasteiger partial charge is 0.352 e. The van der Waals surface area contributed by atoms with Crippen LogP contribution in [0.5, 0.6) is 5.75 Å². The van der Waals surface area contributed by atoms with E-state index in [0.717, 1.165) is 11.1 Å². The molecule has 0 fully saturated rings. The Morgan fingerprint density at radius 1 is 1.21 bits per heavy atom. The molecule has 2 aromatic rings. The molecule has 4 heteroatoms. The number of hydrogen-bond donors (Lipinski definition) is 1. The van der Waals surface area contributed by atoms with Gasteiger partial charge >= 0.3 is 5.97 Å². The molecule has 1 unspecified atom stereocenters. The molecule has 0 amide bonds. The highest BCUT2D eigenvalue weighted by Crippen LogP contribution is 2.45. The molecule has 0 radical (unpaired) electrons. The van der Waals surface area contributed by atoms with Crippen LogP contribution >= 0.6 is 11.6 Å². The summed E-state index contributed by atoms with van der Waals surface area (Å²) in [6.07, 6.45) is 0. The normalized spacial score (nSPS) is 20.1. The molecule has 0 bridgehead atoms. The molecule has 1 N–H and O–H groups in total. The molecule has 1 heterocycles. The molecule has 0 aromatic heterocycles. The molecule has 1 aliphatic heterocycles. The number of hydrogen-bond acceptors (Lipinski definition) is 2. The van der Waals surface area contributed by atoms with Crippen LogP contribution in [0.25, 0.3) is 11.1 Å². The van der Waals surface area contributed by atoms with Crippen LogP contribution in [0.2, 0.25) is 5.02 Å². The number of aliphatic carboxylic acids is 1. The number of carbonyl (C=O) groups is 1. The number of ether oxygens (including phenoxy) is 1. The minimum Gasteiger partial charge on any atom is -0.478 e. The summed E-state index contributed by atoms with van der Waals surface area (Å²) in [4.78, 5) is 11.6. The zero-order valence-corrected chi connectivity index (χ0v) is 10.9. The molecule has 96 valence electrons. The summed E-state index contributed by atoms with van der Waals surface area (Å²) in [5.74, 6) is -0.478. The van der Waals surface area contributed by atoms with Gasteiger partial charge in [0.25, 0.3) is 0 Å². The quantitative estimate of drug-likeness (QED) is 0.862. The number of halogens is 1. The molecular formula is C15H11ClO3. The molecule has 2 aromatic carbocycles. The lowest BCUT2D eigenvalue weighted by Crippen LogP contribution is -2.40. The van der Waals surface area contributed by atoms with Gasteiger partial charge in [0.2, 0.25) is 5.60 Å². The molecule has 0 saturated heterocycles. The van der Waals surface area contributed by atoms with Gasteiger partial charge in [-0.05, 0) is 30.7 Å². The Bertz CT molecular complexity index is 681. The van der Waals surface area contributed by atoms with Gasteiger partial charge in [-0.3, -0.25) is 0 Å². The second-order valence-corrected chi connectivity index (χ2v) is 5.06. The molecule has 1 aliphatic rings. The van der Waals surface area contributed by atoms with E-state index in [1.54, 1.807) is 37.3 Å². The summed E-state index contributed by atoms with van der Waals surface area (Å²) in [5.41, 5.74) is 0.924. The second kappa shape index (κ2) is 4.00. The van der Waals surface area contributed by atoms with Crippen molar-refractivity contribution in [3.8, 4) is 16.9 Å². The summed E-state index contributed by atoms with van der Waals surface area (Å²) in [6, 6.07) is 12.5. The lowest BCUT2D eigenvalue weighted by molar-refractivity contribution is -0.154. The fourth-order valence-corrected chi connectivity index (χ4v) is 2.54. The molecule has 0 spiro atoms. The van der Waals surface area contributed by atoms with Gasteiger partial charge in [0, 0.05) is 16.1 Å². The van der Waals surface area contributed by atoms with Gasteiger partial charge in [0.05, 0.1) is 0 Å². The monoisotopic (exact) mass is 274 g/mol. The van der Waals surface area contributed by atoms with E-state index in [-0.39, 0.29) is 0 Å². The van der Waals surface area contributed by atoms with Crippen molar-refractivity contribution >= 4 is 17.6 Å². The van der Waals surface area contributed by atoms with Crippen LogP contribution in [0.4, 0.5) is 0 Å². The Morgan fingerprint density at radius 2 is 1.95 bits per heavy atom.